The Labute approximate surface area is 115 Å². The standard InChI is InChI=1S/C16H24FNO/c1-10-7-12(3)16(15(8-10)18-4)19-13-5-6-14(17)11(2)9-13/h5-6,9-10,12,15-16,18H,7-8H2,1-4H3. The molecule has 4 atom stereocenters. The molecule has 0 aromatic heterocycles. The second-order valence-corrected chi connectivity index (χ2v) is 5.94. The number of hydrogen-bond donors (Lipinski definition) is 1. The number of benzene rings is 1. The van der Waals surface area contributed by atoms with E-state index in [1.807, 2.05) is 7.05 Å². The van der Waals surface area contributed by atoms with Crippen LogP contribution in [0.3, 0.4) is 0 Å². The van der Waals surface area contributed by atoms with Gasteiger partial charge >= 0.3 is 0 Å². The molecule has 1 fully saturated rings. The fourth-order valence-electron chi connectivity index (χ4n) is 3.16. The summed E-state index contributed by atoms with van der Waals surface area (Å²) in [4.78, 5) is 0. The molecule has 3 heteroatoms. The van der Waals surface area contributed by atoms with Crippen LogP contribution in [-0.2, 0) is 0 Å². The quantitative estimate of drug-likeness (QED) is 0.902. The lowest BCUT2D eigenvalue weighted by Gasteiger charge is -2.39. The van der Waals surface area contributed by atoms with Crippen molar-refractivity contribution in [3.63, 3.8) is 0 Å². The maximum Gasteiger partial charge on any atom is 0.126 e. The lowest BCUT2D eigenvalue weighted by molar-refractivity contribution is 0.0506. The minimum absolute atomic E-state index is 0.158. The second-order valence-electron chi connectivity index (χ2n) is 5.94. The third kappa shape index (κ3) is 3.27. The van der Waals surface area contributed by atoms with Crippen LogP contribution in [0.25, 0.3) is 0 Å². The van der Waals surface area contributed by atoms with E-state index in [2.05, 4.69) is 19.2 Å². The molecule has 0 aliphatic heterocycles. The fraction of sp³-hybridized carbons (Fsp3) is 0.625. The molecule has 2 nitrogen and oxygen atoms in total. The number of rotatable bonds is 3. The lowest BCUT2D eigenvalue weighted by Crippen LogP contribution is -2.49. The van der Waals surface area contributed by atoms with Crippen LogP contribution >= 0.6 is 0 Å². The molecule has 2 rings (SSSR count). The van der Waals surface area contributed by atoms with Crippen LogP contribution in [0.2, 0.25) is 0 Å². The second kappa shape index (κ2) is 5.91. The Bertz CT molecular complexity index is 435. The van der Waals surface area contributed by atoms with Gasteiger partial charge in [-0.15, -0.1) is 0 Å². The summed E-state index contributed by atoms with van der Waals surface area (Å²) in [6, 6.07) is 5.35. The molecule has 1 aliphatic carbocycles. The van der Waals surface area contributed by atoms with Gasteiger partial charge in [-0.2, -0.15) is 0 Å². The molecule has 0 heterocycles. The maximum absolute atomic E-state index is 13.3. The molecule has 4 unspecified atom stereocenters. The number of aryl methyl sites for hydroxylation is 1. The van der Waals surface area contributed by atoms with Crippen molar-refractivity contribution in [2.24, 2.45) is 11.8 Å². The number of halogens is 1. The smallest absolute Gasteiger partial charge is 0.126 e. The third-order valence-electron chi connectivity index (χ3n) is 4.16. The summed E-state index contributed by atoms with van der Waals surface area (Å²) in [5.74, 6) is 1.82. The third-order valence-corrected chi connectivity index (χ3v) is 4.16. The largest absolute Gasteiger partial charge is 0.489 e. The first-order chi connectivity index (χ1) is 9.01. The number of ether oxygens (including phenoxy) is 1. The lowest BCUT2D eigenvalue weighted by atomic mass is 9.78. The molecule has 0 amide bonds. The molecule has 19 heavy (non-hydrogen) atoms. The molecule has 0 spiro atoms. The Morgan fingerprint density at radius 2 is 2.00 bits per heavy atom. The Balaban J connectivity index is 2.13. The zero-order valence-electron chi connectivity index (χ0n) is 12.2. The molecule has 1 N–H and O–H groups in total. The van der Waals surface area contributed by atoms with Gasteiger partial charge in [0.2, 0.25) is 0 Å². The molecular formula is C16H24FNO. The molecule has 1 aromatic carbocycles. The van der Waals surface area contributed by atoms with Gasteiger partial charge < -0.3 is 10.1 Å². The summed E-state index contributed by atoms with van der Waals surface area (Å²) in [7, 11) is 1.99. The molecule has 1 aromatic rings. The van der Waals surface area contributed by atoms with Crippen molar-refractivity contribution >= 4 is 0 Å². The van der Waals surface area contributed by atoms with Crippen molar-refractivity contribution < 1.29 is 9.13 Å². The molecule has 0 radical (unpaired) electrons. The van der Waals surface area contributed by atoms with Crippen LogP contribution in [-0.4, -0.2) is 19.2 Å². The Kier molecular flexibility index (Phi) is 4.46. The van der Waals surface area contributed by atoms with E-state index in [9.17, 15) is 4.39 Å². The van der Waals surface area contributed by atoms with Crippen LogP contribution < -0.4 is 10.1 Å². The highest BCUT2D eigenvalue weighted by molar-refractivity contribution is 5.29. The minimum atomic E-state index is -0.178. The molecule has 0 saturated heterocycles. The van der Waals surface area contributed by atoms with Gasteiger partial charge in [0.05, 0.1) is 0 Å². The Hall–Kier alpha value is -1.09. The van der Waals surface area contributed by atoms with Gasteiger partial charge in [0, 0.05) is 6.04 Å². The Morgan fingerprint density at radius 1 is 1.26 bits per heavy atom. The summed E-state index contributed by atoms with van der Waals surface area (Å²) in [6.07, 6.45) is 2.47. The topological polar surface area (TPSA) is 21.3 Å². The van der Waals surface area contributed by atoms with Gasteiger partial charge in [0.1, 0.15) is 17.7 Å². The first-order valence-electron chi connectivity index (χ1n) is 7.11. The molecular weight excluding hydrogens is 241 g/mol. The van der Waals surface area contributed by atoms with Gasteiger partial charge in [-0.05, 0) is 62.4 Å². The van der Waals surface area contributed by atoms with Crippen molar-refractivity contribution in [2.45, 2.75) is 45.8 Å². The van der Waals surface area contributed by atoms with E-state index in [4.69, 9.17) is 4.74 Å². The van der Waals surface area contributed by atoms with E-state index in [1.54, 1.807) is 19.1 Å². The van der Waals surface area contributed by atoms with Crippen molar-refractivity contribution in [2.75, 3.05) is 7.05 Å². The normalized spacial score (nSPS) is 31.2. The van der Waals surface area contributed by atoms with Crippen molar-refractivity contribution in [3.05, 3.63) is 29.6 Å². The van der Waals surface area contributed by atoms with E-state index >= 15 is 0 Å². The molecule has 0 bridgehead atoms. The van der Waals surface area contributed by atoms with Crippen LogP contribution in [0.4, 0.5) is 4.39 Å². The van der Waals surface area contributed by atoms with Crippen LogP contribution in [0.5, 0.6) is 5.75 Å². The van der Waals surface area contributed by atoms with Gasteiger partial charge in [-0.3, -0.25) is 0 Å². The number of nitrogens with one attached hydrogen (secondary N) is 1. The summed E-state index contributed by atoms with van der Waals surface area (Å²) < 4.78 is 19.4. The average molecular weight is 265 g/mol. The molecule has 1 aliphatic rings. The van der Waals surface area contributed by atoms with E-state index in [1.165, 1.54) is 12.5 Å². The fourth-order valence-corrected chi connectivity index (χ4v) is 3.16. The maximum atomic E-state index is 13.3. The van der Waals surface area contributed by atoms with Gasteiger partial charge in [0.15, 0.2) is 0 Å². The summed E-state index contributed by atoms with van der Waals surface area (Å²) >= 11 is 0. The minimum Gasteiger partial charge on any atom is -0.489 e. The number of hydrogen-bond acceptors (Lipinski definition) is 2. The first-order valence-corrected chi connectivity index (χ1v) is 7.11. The van der Waals surface area contributed by atoms with Gasteiger partial charge in [-0.25, -0.2) is 4.39 Å². The van der Waals surface area contributed by atoms with E-state index in [-0.39, 0.29) is 11.9 Å². The van der Waals surface area contributed by atoms with Crippen LogP contribution in [0.1, 0.15) is 32.3 Å². The summed E-state index contributed by atoms with van der Waals surface area (Å²) in [5.41, 5.74) is 0.635. The van der Waals surface area contributed by atoms with Crippen molar-refractivity contribution in [1.82, 2.24) is 5.32 Å². The van der Waals surface area contributed by atoms with Crippen molar-refractivity contribution in [1.29, 1.82) is 0 Å². The monoisotopic (exact) mass is 265 g/mol. The summed E-state index contributed by atoms with van der Waals surface area (Å²) in [5, 5.41) is 3.36. The molecule has 1 saturated carbocycles. The van der Waals surface area contributed by atoms with Gasteiger partial charge in [0.25, 0.3) is 0 Å². The first kappa shape index (κ1) is 14.3. The predicted molar refractivity (Wildman–Crippen MR) is 76.0 cm³/mol. The highest BCUT2D eigenvalue weighted by atomic mass is 19.1. The van der Waals surface area contributed by atoms with E-state index in [0.717, 1.165) is 18.1 Å². The SMILES string of the molecule is CNC1CC(C)CC(C)C1Oc1ccc(F)c(C)c1. The van der Waals surface area contributed by atoms with E-state index < -0.39 is 0 Å². The average Bonchev–Trinajstić information content (AvgIpc) is 2.36. The number of likely N-dealkylation sites (N-methyl/N-ethyl adjacent to an activating group) is 1. The highest BCUT2D eigenvalue weighted by Crippen LogP contribution is 2.32. The molecule has 106 valence electrons. The highest BCUT2D eigenvalue weighted by Gasteiger charge is 2.34. The van der Waals surface area contributed by atoms with Gasteiger partial charge in [-0.1, -0.05) is 13.8 Å². The van der Waals surface area contributed by atoms with E-state index in [0.29, 0.717) is 17.5 Å². The van der Waals surface area contributed by atoms with Crippen LogP contribution in [0.15, 0.2) is 18.2 Å². The predicted octanol–water partition coefficient (Wildman–Crippen LogP) is 3.54. The Morgan fingerprint density at radius 3 is 2.63 bits per heavy atom. The zero-order valence-corrected chi connectivity index (χ0v) is 12.2. The zero-order chi connectivity index (χ0) is 14.0. The van der Waals surface area contributed by atoms with Crippen LogP contribution in [0, 0.1) is 24.6 Å². The van der Waals surface area contributed by atoms with Crippen molar-refractivity contribution in [3.8, 4) is 5.75 Å². The summed E-state index contributed by atoms with van der Waals surface area (Å²) in [6.45, 7) is 6.30.